The number of benzene rings is 1. The van der Waals surface area contributed by atoms with Crippen LogP contribution in [0.25, 0.3) is 5.65 Å². The molecular formula is C20H28N6O. The Morgan fingerprint density at radius 1 is 1.22 bits per heavy atom. The topological polar surface area (TPSA) is 100 Å². The van der Waals surface area contributed by atoms with Gasteiger partial charge in [0.25, 0.3) is 0 Å². The van der Waals surface area contributed by atoms with Gasteiger partial charge in [0, 0.05) is 23.9 Å². The first-order valence-electron chi connectivity index (χ1n) is 9.36. The standard InChI is InChI=1S/C20H28N6O/c1-4-16(12-27)24-18-9-19(22-10-14-5-7-15(21)8-6-14)26-20(25-18)17(11-23-26)13(2)3/h5-9,11,13,16,22,27H,4,10,12,21H2,1-3H3,(H,24,25). The lowest BCUT2D eigenvalue weighted by Crippen LogP contribution is -2.23. The summed E-state index contributed by atoms with van der Waals surface area (Å²) in [6.45, 7) is 7.00. The third-order valence-electron chi connectivity index (χ3n) is 4.64. The van der Waals surface area contributed by atoms with Crippen LogP contribution < -0.4 is 16.4 Å². The maximum atomic E-state index is 9.51. The van der Waals surface area contributed by atoms with Gasteiger partial charge in [0.2, 0.25) is 0 Å². The number of aliphatic hydroxyl groups excluding tert-OH is 1. The summed E-state index contributed by atoms with van der Waals surface area (Å²) in [5.74, 6) is 1.89. The van der Waals surface area contributed by atoms with E-state index in [1.54, 1.807) is 0 Å². The van der Waals surface area contributed by atoms with Crippen molar-refractivity contribution in [2.45, 2.75) is 45.7 Å². The number of aliphatic hydroxyl groups is 1. The molecule has 0 spiro atoms. The summed E-state index contributed by atoms with van der Waals surface area (Å²) in [4.78, 5) is 4.74. The summed E-state index contributed by atoms with van der Waals surface area (Å²) in [6.07, 6.45) is 2.68. The highest BCUT2D eigenvalue weighted by Crippen LogP contribution is 2.25. The van der Waals surface area contributed by atoms with Gasteiger partial charge in [0.15, 0.2) is 5.65 Å². The molecule has 3 aromatic rings. The largest absolute Gasteiger partial charge is 0.399 e. The molecule has 0 fully saturated rings. The SMILES string of the molecule is CCC(CO)Nc1cc(NCc2ccc(N)cc2)n2ncc(C(C)C)c2n1. The van der Waals surface area contributed by atoms with Crippen LogP contribution >= 0.6 is 0 Å². The Balaban J connectivity index is 1.94. The van der Waals surface area contributed by atoms with Crippen LogP contribution in [-0.2, 0) is 6.54 Å². The minimum atomic E-state index is -0.0321. The number of fused-ring (bicyclic) bond motifs is 1. The molecule has 27 heavy (non-hydrogen) atoms. The predicted molar refractivity (Wildman–Crippen MR) is 110 cm³/mol. The molecule has 3 rings (SSSR count). The predicted octanol–water partition coefficient (Wildman–Crippen LogP) is 3.23. The fraction of sp³-hybridized carbons (Fsp3) is 0.400. The van der Waals surface area contributed by atoms with E-state index in [0.29, 0.717) is 12.5 Å². The molecule has 1 unspecified atom stereocenters. The molecule has 0 saturated heterocycles. The third kappa shape index (κ3) is 4.31. The first-order valence-corrected chi connectivity index (χ1v) is 9.36. The Morgan fingerprint density at radius 2 is 1.96 bits per heavy atom. The van der Waals surface area contributed by atoms with E-state index >= 15 is 0 Å². The van der Waals surface area contributed by atoms with Crippen molar-refractivity contribution in [2.75, 3.05) is 23.0 Å². The number of aromatic nitrogens is 3. The molecule has 2 heterocycles. The zero-order valence-electron chi connectivity index (χ0n) is 16.1. The van der Waals surface area contributed by atoms with Crippen LogP contribution in [0.5, 0.6) is 0 Å². The maximum absolute atomic E-state index is 9.51. The Kier molecular flexibility index (Phi) is 5.81. The monoisotopic (exact) mass is 368 g/mol. The number of anilines is 3. The van der Waals surface area contributed by atoms with Crippen molar-refractivity contribution in [1.82, 2.24) is 14.6 Å². The average Bonchev–Trinajstić information content (AvgIpc) is 3.09. The number of rotatable bonds is 8. The highest BCUT2D eigenvalue weighted by atomic mass is 16.3. The molecular weight excluding hydrogens is 340 g/mol. The van der Waals surface area contributed by atoms with Crippen molar-refractivity contribution in [1.29, 1.82) is 0 Å². The fourth-order valence-electron chi connectivity index (χ4n) is 2.90. The molecule has 1 aromatic carbocycles. The normalized spacial score (nSPS) is 12.5. The van der Waals surface area contributed by atoms with Gasteiger partial charge in [0.1, 0.15) is 11.6 Å². The highest BCUT2D eigenvalue weighted by molar-refractivity contribution is 5.61. The van der Waals surface area contributed by atoms with Gasteiger partial charge in [-0.15, -0.1) is 0 Å². The van der Waals surface area contributed by atoms with E-state index < -0.39 is 0 Å². The summed E-state index contributed by atoms with van der Waals surface area (Å²) in [5.41, 5.74) is 9.55. The minimum absolute atomic E-state index is 0.0321. The Labute approximate surface area is 159 Å². The fourth-order valence-corrected chi connectivity index (χ4v) is 2.90. The van der Waals surface area contributed by atoms with E-state index in [1.165, 1.54) is 0 Å². The molecule has 0 saturated carbocycles. The number of nitrogen functional groups attached to an aromatic ring is 1. The summed E-state index contributed by atoms with van der Waals surface area (Å²) in [7, 11) is 0. The van der Waals surface area contributed by atoms with Crippen LogP contribution in [0, 0.1) is 0 Å². The minimum Gasteiger partial charge on any atom is -0.399 e. The Morgan fingerprint density at radius 3 is 2.59 bits per heavy atom. The smallest absolute Gasteiger partial charge is 0.163 e. The van der Waals surface area contributed by atoms with Gasteiger partial charge in [-0.05, 0) is 30.0 Å². The molecule has 1 atom stereocenters. The van der Waals surface area contributed by atoms with Crippen molar-refractivity contribution in [3.8, 4) is 0 Å². The molecule has 0 radical (unpaired) electrons. The molecule has 7 heteroatoms. The number of nitrogens with zero attached hydrogens (tertiary/aromatic N) is 3. The van der Waals surface area contributed by atoms with Gasteiger partial charge >= 0.3 is 0 Å². The maximum Gasteiger partial charge on any atom is 0.163 e. The van der Waals surface area contributed by atoms with Crippen molar-refractivity contribution in [3.05, 3.63) is 47.7 Å². The molecule has 5 N–H and O–H groups in total. The van der Waals surface area contributed by atoms with Crippen LogP contribution in [0.4, 0.5) is 17.3 Å². The average molecular weight is 368 g/mol. The van der Waals surface area contributed by atoms with Gasteiger partial charge < -0.3 is 21.5 Å². The van der Waals surface area contributed by atoms with E-state index in [9.17, 15) is 5.11 Å². The lowest BCUT2D eigenvalue weighted by Gasteiger charge is -2.17. The zero-order valence-corrected chi connectivity index (χ0v) is 16.1. The van der Waals surface area contributed by atoms with Gasteiger partial charge in [0.05, 0.1) is 18.8 Å². The first kappa shape index (κ1) is 19.0. The van der Waals surface area contributed by atoms with Gasteiger partial charge in [-0.3, -0.25) is 0 Å². The van der Waals surface area contributed by atoms with E-state index in [4.69, 9.17) is 10.7 Å². The molecule has 0 amide bonds. The quantitative estimate of drug-likeness (QED) is 0.456. The van der Waals surface area contributed by atoms with Crippen molar-refractivity contribution in [2.24, 2.45) is 0 Å². The van der Waals surface area contributed by atoms with Gasteiger partial charge in [-0.2, -0.15) is 9.61 Å². The van der Waals surface area contributed by atoms with Crippen LogP contribution in [-0.4, -0.2) is 32.4 Å². The Bertz CT molecular complexity index is 883. The first-order chi connectivity index (χ1) is 13.0. The summed E-state index contributed by atoms with van der Waals surface area (Å²) < 4.78 is 1.83. The molecule has 144 valence electrons. The number of hydrogen-bond acceptors (Lipinski definition) is 6. The lowest BCUT2D eigenvalue weighted by molar-refractivity contribution is 0.271. The van der Waals surface area contributed by atoms with Crippen molar-refractivity contribution >= 4 is 23.0 Å². The van der Waals surface area contributed by atoms with E-state index in [-0.39, 0.29) is 12.6 Å². The number of nitrogens with one attached hydrogen (secondary N) is 2. The lowest BCUT2D eigenvalue weighted by atomic mass is 10.1. The molecule has 0 aliphatic heterocycles. The summed E-state index contributed by atoms with van der Waals surface area (Å²) in [6, 6.07) is 9.69. The second-order valence-electron chi connectivity index (χ2n) is 7.04. The molecule has 0 aliphatic carbocycles. The summed E-state index contributed by atoms with van der Waals surface area (Å²) in [5, 5.41) is 20.8. The van der Waals surface area contributed by atoms with E-state index in [0.717, 1.165) is 40.5 Å². The summed E-state index contributed by atoms with van der Waals surface area (Å²) >= 11 is 0. The molecule has 7 nitrogen and oxygen atoms in total. The number of hydrogen-bond donors (Lipinski definition) is 4. The zero-order chi connectivity index (χ0) is 19.4. The highest BCUT2D eigenvalue weighted by Gasteiger charge is 2.15. The van der Waals surface area contributed by atoms with Crippen LogP contribution in [0.1, 0.15) is 44.2 Å². The van der Waals surface area contributed by atoms with Crippen LogP contribution in [0.15, 0.2) is 36.5 Å². The van der Waals surface area contributed by atoms with Gasteiger partial charge in [-0.1, -0.05) is 32.9 Å². The third-order valence-corrected chi connectivity index (χ3v) is 4.64. The Hall–Kier alpha value is -2.80. The van der Waals surface area contributed by atoms with E-state index in [2.05, 4.69) is 29.6 Å². The second kappa shape index (κ2) is 8.26. The van der Waals surface area contributed by atoms with Gasteiger partial charge in [-0.25, -0.2) is 4.98 Å². The molecule has 2 aromatic heterocycles. The van der Waals surface area contributed by atoms with Crippen LogP contribution in [0.2, 0.25) is 0 Å². The number of nitrogens with two attached hydrogens (primary N) is 1. The second-order valence-corrected chi connectivity index (χ2v) is 7.04. The van der Waals surface area contributed by atoms with Crippen molar-refractivity contribution in [3.63, 3.8) is 0 Å². The van der Waals surface area contributed by atoms with E-state index in [1.807, 2.05) is 48.0 Å². The molecule has 0 bridgehead atoms. The molecule has 0 aliphatic rings. The van der Waals surface area contributed by atoms with Crippen LogP contribution in [0.3, 0.4) is 0 Å². The van der Waals surface area contributed by atoms with Crippen molar-refractivity contribution < 1.29 is 5.11 Å².